The molecule has 6 heterocycles. The van der Waals surface area contributed by atoms with Crippen molar-refractivity contribution in [2.45, 2.75) is 71.8 Å². The standard InChI is InChI=1S/C48H54N8O8/c1-6-32-34-20-31(57)12-13-39(34)49-43-36(32)25-55-40(43)22-38-37(45(55)60)26-63-27-48(38,7-2)64-47(62)52(5)14-15-53-16-18-54(19-17-53)24-29-8-10-30(11-9-29)56-44(50-51-46(56)61)35-21-33(28(3)4)41(58)23-42(35)59/h8-13,20-23,28,57-59H,6-7,14-19,24-27H2,1-5H3,(H,51,61)/t48-/m1/s1. The second-order valence-corrected chi connectivity index (χ2v) is 17.5. The third-order valence-corrected chi connectivity index (χ3v) is 13.2. The largest absolute Gasteiger partial charge is 0.508 e. The van der Waals surface area contributed by atoms with Gasteiger partial charge in [-0.05, 0) is 77.9 Å². The molecule has 334 valence electrons. The van der Waals surface area contributed by atoms with E-state index in [0.29, 0.717) is 66.1 Å². The lowest BCUT2D eigenvalue weighted by molar-refractivity contribution is -0.0904. The summed E-state index contributed by atoms with van der Waals surface area (Å²) in [6.45, 7) is 13.7. The van der Waals surface area contributed by atoms with Gasteiger partial charge in [0.25, 0.3) is 5.56 Å². The molecule has 16 nitrogen and oxygen atoms in total. The molecule has 3 aromatic carbocycles. The quantitative estimate of drug-likeness (QED) is 0.123. The van der Waals surface area contributed by atoms with Gasteiger partial charge < -0.3 is 34.3 Å². The molecule has 16 heteroatoms. The fourth-order valence-electron chi connectivity index (χ4n) is 9.49. The van der Waals surface area contributed by atoms with Crippen molar-refractivity contribution in [1.82, 2.24) is 39.0 Å². The molecule has 3 aromatic heterocycles. The van der Waals surface area contributed by atoms with Gasteiger partial charge >= 0.3 is 11.8 Å². The minimum absolute atomic E-state index is 0.00835. The van der Waals surface area contributed by atoms with E-state index in [-0.39, 0.29) is 47.8 Å². The number of aryl methyl sites for hydroxylation is 1. The van der Waals surface area contributed by atoms with Gasteiger partial charge in [0.15, 0.2) is 11.4 Å². The maximum atomic E-state index is 14.1. The number of likely N-dealkylation sites (N-methyl/N-ethyl adjacent to an activating group) is 1. The smallest absolute Gasteiger partial charge is 0.410 e. The summed E-state index contributed by atoms with van der Waals surface area (Å²) in [4.78, 5) is 52.2. The van der Waals surface area contributed by atoms with E-state index in [0.717, 1.165) is 66.0 Å². The van der Waals surface area contributed by atoms with Crippen LogP contribution in [0.1, 0.15) is 73.4 Å². The molecule has 1 amide bonds. The fraction of sp³-hybridized carbons (Fsp3) is 0.396. The Morgan fingerprint density at radius 1 is 0.953 bits per heavy atom. The summed E-state index contributed by atoms with van der Waals surface area (Å²) in [5.41, 5.74) is 6.23. The molecular weight excluding hydrogens is 817 g/mol. The number of carbonyl (C=O) groups excluding carboxylic acids is 1. The van der Waals surface area contributed by atoms with Crippen molar-refractivity contribution in [2.75, 3.05) is 52.9 Å². The third kappa shape index (κ3) is 7.58. The maximum Gasteiger partial charge on any atom is 0.410 e. The van der Waals surface area contributed by atoms with E-state index in [2.05, 4.69) is 26.9 Å². The lowest BCUT2D eigenvalue weighted by Crippen LogP contribution is -2.49. The van der Waals surface area contributed by atoms with E-state index in [9.17, 15) is 29.7 Å². The van der Waals surface area contributed by atoms with E-state index in [1.165, 1.54) is 10.6 Å². The lowest BCUT2D eigenvalue weighted by atomic mass is 9.86. The number of phenols is 3. The van der Waals surface area contributed by atoms with Crippen LogP contribution in [0.3, 0.4) is 0 Å². The number of phenolic OH excluding ortho intramolecular Hbond substituents is 3. The number of benzene rings is 3. The summed E-state index contributed by atoms with van der Waals surface area (Å²) < 4.78 is 15.5. The van der Waals surface area contributed by atoms with Crippen molar-refractivity contribution in [1.29, 1.82) is 0 Å². The van der Waals surface area contributed by atoms with Gasteiger partial charge in [0, 0.05) is 75.4 Å². The van der Waals surface area contributed by atoms with Crippen molar-refractivity contribution in [3.63, 3.8) is 0 Å². The normalized spacial score (nSPS) is 17.4. The Morgan fingerprint density at radius 3 is 2.42 bits per heavy atom. The molecule has 9 rings (SSSR count). The third-order valence-electron chi connectivity index (χ3n) is 13.2. The highest BCUT2D eigenvalue weighted by Crippen LogP contribution is 2.42. The lowest BCUT2D eigenvalue weighted by Gasteiger charge is -2.39. The summed E-state index contributed by atoms with van der Waals surface area (Å²) in [7, 11) is 1.74. The molecule has 1 saturated heterocycles. The van der Waals surface area contributed by atoms with Gasteiger partial charge in [-0.1, -0.05) is 39.8 Å². The van der Waals surface area contributed by atoms with Gasteiger partial charge in [0.2, 0.25) is 0 Å². The first-order valence-corrected chi connectivity index (χ1v) is 22.0. The highest BCUT2D eigenvalue weighted by Gasteiger charge is 2.43. The van der Waals surface area contributed by atoms with Crippen LogP contribution in [-0.4, -0.2) is 113 Å². The predicted molar refractivity (Wildman–Crippen MR) is 241 cm³/mol. The number of hydrogen-bond acceptors (Lipinski definition) is 12. The summed E-state index contributed by atoms with van der Waals surface area (Å²) in [5, 5.41) is 38.8. The van der Waals surface area contributed by atoms with Crippen LogP contribution in [0.4, 0.5) is 4.79 Å². The predicted octanol–water partition coefficient (Wildman–Crippen LogP) is 5.79. The minimum Gasteiger partial charge on any atom is -0.508 e. The Balaban J connectivity index is 0.823. The molecule has 64 heavy (non-hydrogen) atoms. The molecule has 1 fully saturated rings. The molecule has 3 aliphatic heterocycles. The molecule has 0 aliphatic carbocycles. The number of aromatic nitrogens is 5. The summed E-state index contributed by atoms with van der Waals surface area (Å²) in [6, 6.07) is 17.8. The average molecular weight is 871 g/mol. The molecule has 3 aliphatic rings. The first-order chi connectivity index (χ1) is 30.8. The Labute approximate surface area is 369 Å². The number of hydrogen-bond donors (Lipinski definition) is 4. The molecule has 0 saturated carbocycles. The number of nitrogens with one attached hydrogen (secondary N) is 1. The molecule has 0 bridgehead atoms. The number of fused-ring (bicyclic) bond motifs is 5. The number of ether oxygens (including phenoxy) is 2. The molecule has 6 aromatic rings. The molecule has 0 spiro atoms. The Morgan fingerprint density at radius 2 is 1.70 bits per heavy atom. The summed E-state index contributed by atoms with van der Waals surface area (Å²) >= 11 is 0. The molecule has 0 radical (unpaired) electrons. The molecule has 1 atom stereocenters. The van der Waals surface area contributed by atoms with Gasteiger partial charge in [-0.15, -0.1) is 0 Å². The maximum absolute atomic E-state index is 14.1. The Bertz CT molecular complexity index is 2900. The summed E-state index contributed by atoms with van der Waals surface area (Å²) in [6.07, 6.45) is 0.641. The monoisotopic (exact) mass is 870 g/mol. The number of rotatable bonds is 11. The van der Waals surface area contributed by atoms with Crippen LogP contribution in [-0.2, 0) is 41.2 Å². The van der Waals surface area contributed by atoms with Crippen LogP contribution in [0.25, 0.3) is 39.4 Å². The van der Waals surface area contributed by atoms with Crippen LogP contribution in [0.5, 0.6) is 17.2 Å². The zero-order chi connectivity index (χ0) is 45.0. The van der Waals surface area contributed by atoms with Crippen LogP contribution in [0.15, 0.2) is 70.3 Å². The van der Waals surface area contributed by atoms with Gasteiger partial charge in [-0.2, -0.15) is 5.10 Å². The first-order valence-electron chi connectivity index (χ1n) is 22.0. The zero-order valence-electron chi connectivity index (χ0n) is 36.8. The van der Waals surface area contributed by atoms with Gasteiger partial charge in [-0.3, -0.25) is 14.6 Å². The van der Waals surface area contributed by atoms with Gasteiger partial charge in [0.05, 0.1) is 53.5 Å². The zero-order valence-corrected chi connectivity index (χ0v) is 36.8. The van der Waals surface area contributed by atoms with Gasteiger partial charge in [0.1, 0.15) is 17.2 Å². The van der Waals surface area contributed by atoms with E-state index >= 15 is 0 Å². The number of pyridine rings is 2. The second-order valence-electron chi connectivity index (χ2n) is 17.5. The number of piperazine rings is 1. The van der Waals surface area contributed by atoms with Crippen molar-refractivity contribution in [2.24, 2.45) is 0 Å². The first kappa shape index (κ1) is 42.8. The minimum atomic E-state index is -1.15. The van der Waals surface area contributed by atoms with Crippen molar-refractivity contribution >= 4 is 17.0 Å². The summed E-state index contributed by atoms with van der Waals surface area (Å²) in [5.74, 6) is 0.219. The second kappa shape index (κ2) is 16.9. The average Bonchev–Trinajstić information content (AvgIpc) is 3.85. The topological polar surface area (TPSA) is 192 Å². The van der Waals surface area contributed by atoms with Crippen LogP contribution in [0.2, 0.25) is 0 Å². The van der Waals surface area contributed by atoms with E-state index in [1.807, 2.05) is 51.1 Å². The van der Waals surface area contributed by atoms with Crippen molar-refractivity contribution in [3.05, 3.63) is 115 Å². The highest BCUT2D eigenvalue weighted by molar-refractivity contribution is 5.89. The number of nitrogens with zero attached hydrogens (tertiary/aromatic N) is 7. The van der Waals surface area contributed by atoms with E-state index in [4.69, 9.17) is 14.5 Å². The van der Waals surface area contributed by atoms with Crippen LogP contribution < -0.4 is 11.2 Å². The van der Waals surface area contributed by atoms with Gasteiger partial charge in [-0.25, -0.2) is 24.2 Å². The number of H-pyrrole nitrogens is 1. The van der Waals surface area contributed by atoms with Crippen LogP contribution in [0, 0.1) is 0 Å². The Hall–Kier alpha value is -6.49. The van der Waals surface area contributed by atoms with Crippen molar-refractivity contribution in [3.8, 4) is 45.7 Å². The highest BCUT2D eigenvalue weighted by atomic mass is 16.6. The van der Waals surface area contributed by atoms with E-state index < -0.39 is 17.4 Å². The number of amides is 1. The Kier molecular flexibility index (Phi) is 11.3. The SMILES string of the molecule is CCc1c2c(nc3ccc(O)cc13)-c1cc3c(c(=O)n1C2)COC[C@@]3(CC)OC(=O)N(C)CCN1CCN(Cc2ccc(-n3c(-c4cc(C(C)C)c(O)cc4O)n[nH]c3=O)cc2)CC1. The molecule has 0 unspecified atom stereocenters. The van der Waals surface area contributed by atoms with Crippen LogP contribution >= 0.6 is 0 Å². The number of aromatic amines is 1. The molecular formula is C48H54N8O8. The van der Waals surface area contributed by atoms with E-state index in [1.54, 1.807) is 40.8 Å². The fourth-order valence-corrected chi connectivity index (χ4v) is 9.49. The molecule has 4 N–H and O–H groups in total. The van der Waals surface area contributed by atoms with Crippen molar-refractivity contribution < 1.29 is 29.6 Å². The number of aromatic hydroxyl groups is 3. The number of carbonyl (C=O) groups is 1.